The van der Waals surface area contributed by atoms with Crippen LogP contribution in [-0.4, -0.2) is 19.4 Å². The molecule has 0 atom stereocenters. The van der Waals surface area contributed by atoms with Crippen LogP contribution >= 0.6 is 0 Å². The number of carbonyl (C=O) groups is 1. The summed E-state index contributed by atoms with van der Waals surface area (Å²) >= 11 is 0. The van der Waals surface area contributed by atoms with E-state index in [2.05, 4.69) is 5.32 Å². The Labute approximate surface area is 101 Å². The molecule has 1 N–H and O–H groups in total. The Morgan fingerprint density at radius 3 is 2.65 bits per heavy atom. The minimum atomic E-state index is 0.0528. The number of methoxy groups -OCH3 is 1. The molecule has 1 aromatic rings. The van der Waals surface area contributed by atoms with Crippen LogP contribution in [0.25, 0.3) is 0 Å². The van der Waals surface area contributed by atoms with E-state index in [1.165, 1.54) is 6.42 Å². The van der Waals surface area contributed by atoms with Gasteiger partial charge in [-0.05, 0) is 43.5 Å². The predicted molar refractivity (Wildman–Crippen MR) is 67.3 cm³/mol. The van der Waals surface area contributed by atoms with Gasteiger partial charge in [-0.1, -0.05) is 0 Å². The van der Waals surface area contributed by atoms with Gasteiger partial charge in [-0.3, -0.25) is 4.79 Å². The Morgan fingerprint density at radius 1 is 1.29 bits per heavy atom. The van der Waals surface area contributed by atoms with Crippen molar-refractivity contribution in [3.8, 4) is 5.75 Å². The van der Waals surface area contributed by atoms with Crippen LogP contribution in [0.2, 0.25) is 0 Å². The van der Waals surface area contributed by atoms with E-state index in [1.807, 2.05) is 0 Å². The quantitative estimate of drug-likeness (QED) is 0.641. The average Bonchev–Trinajstić information content (AvgIpc) is 2.40. The van der Waals surface area contributed by atoms with Gasteiger partial charge >= 0.3 is 0 Å². The molecule has 1 heterocycles. The molecule has 17 heavy (non-hydrogen) atoms. The first kappa shape index (κ1) is 11.7. The molecule has 1 fully saturated rings. The van der Waals surface area contributed by atoms with E-state index in [9.17, 15) is 4.79 Å². The topological polar surface area (TPSA) is 38.3 Å². The van der Waals surface area contributed by atoms with E-state index in [1.54, 1.807) is 37.5 Å². The maximum Gasteiger partial charge on any atom is 0.187 e. The van der Waals surface area contributed by atoms with Crippen molar-refractivity contribution in [3.63, 3.8) is 0 Å². The van der Waals surface area contributed by atoms with Crippen LogP contribution in [0.4, 0.5) is 0 Å². The number of hydrogen-bond donors (Lipinski definition) is 1. The van der Waals surface area contributed by atoms with E-state index in [4.69, 9.17) is 4.74 Å². The number of benzene rings is 1. The molecule has 0 spiro atoms. The third-order valence-electron chi connectivity index (χ3n) is 2.90. The number of piperidine rings is 1. The first-order valence-electron chi connectivity index (χ1n) is 5.92. The lowest BCUT2D eigenvalue weighted by Crippen LogP contribution is -2.20. The first-order valence-corrected chi connectivity index (χ1v) is 5.92. The van der Waals surface area contributed by atoms with Crippen LogP contribution in [0.1, 0.15) is 29.6 Å². The Kier molecular flexibility index (Phi) is 3.81. The van der Waals surface area contributed by atoms with Crippen molar-refractivity contribution in [2.45, 2.75) is 19.3 Å². The minimum Gasteiger partial charge on any atom is -0.497 e. The largest absolute Gasteiger partial charge is 0.497 e. The molecule has 0 aromatic heterocycles. The number of ketones is 1. The van der Waals surface area contributed by atoms with E-state index >= 15 is 0 Å². The zero-order valence-electron chi connectivity index (χ0n) is 10.0. The SMILES string of the molecule is COc1ccc(C(=O)/C=C2/CCCCN2)cc1. The van der Waals surface area contributed by atoms with Gasteiger partial charge in [0.1, 0.15) is 5.75 Å². The summed E-state index contributed by atoms with van der Waals surface area (Å²) in [7, 11) is 1.62. The zero-order valence-corrected chi connectivity index (χ0v) is 10.0. The molecule has 0 unspecified atom stereocenters. The van der Waals surface area contributed by atoms with Crippen molar-refractivity contribution in [3.05, 3.63) is 41.6 Å². The number of nitrogens with one attached hydrogen (secondary N) is 1. The minimum absolute atomic E-state index is 0.0528. The van der Waals surface area contributed by atoms with Gasteiger partial charge in [-0.25, -0.2) is 0 Å². The molecule has 3 nitrogen and oxygen atoms in total. The van der Waals surface area contributed by atoms with E-state index in [0.29, 0.717) is 5.56 Å². The fourth-order valence-electron chi connectivity index (χ4n) is 1.90. The third kappa shape index (κ3) is 3.09. The summed E-state index contributed by atoms with van der Waals surface area (Å²) in [5, 5.41) is 3.26. The lowest BCUT2D eigenvalue weighted by molar-refractivity contribution is 0.104. The van der Waals surface area contributed by atoms with Gasteiger partial charge in [-0.2, -0.15) is 0 Å². The summed E-state index contributed by atoms with van der Waals surface area (Å²) in [5.41, 5.74) is 1.75. The molecule has 0 bridgehead atoms. The Hall–Kier alpha value is -1.77. The summed E-state index contributed by atoms with van der Waals surface area (Å²) in [6.45, 7) is 0.974. The standard InChI is InChI=1S/C14H17NO2/c1-17-13-7-5-11(6-8-13)14(16)10-12-4-2-3-9-15-12/h5-8,10,15H,2-4,9H2,1H3/b12-10-. The highest BCUT2D eigenvalue weighted by Gasteiger charge is 2.08. The molecule has 0 radical (unpaired) electrons. The highest BCUT2D eigenvalue weighted by molar-refractivity contribution is 6.04. The third-order valence-corrected chi connectivity index (χ3v) is 2.90. The number of rotatable bonds is 3. The molecule has 1 saturated heterocycles. The van der Waals surface area contributed by atoms with Crippen molar-refractivity contribution in [2.24, 2.45) is 0 Å². The second-order valence-electron chi connectivity index (χ2n) is 4.15. The summed E-state index contributed by atoms with van der Waals surface area (Å²) in [4.78, 5) is 12.0. The molecule has 1 aliphatic rings. The van der Waals surface area contributed by atoms with Gasteiger partial charge < -0.3 is 10.1 Å². The fourth-order valence-corrected chi connectivity index (χ4v) is 1.90. The number of hydrogen-bond acceptors (Lipinski definition) is 3. The highest BCUT2D eigenvalue weighted by atomic mass is 16.5. The van der Waals surface area contributed by atoms with Crippen LogP contribution in [0.5, 0.6) is 5.75 Å². The zero-order chi connectivity index (χ0) is 12.1. The molecule has 0 amide bonds. The maximum absolute atomic E-state index is 12.0. The van der Waals surface area contributed by atoms with Crippen molar-refractivity contribution < 1.29 is 9.53 Å². The Bertz CT molecular complexity index is 412. The highest BCUT2D eigenvalue weighted by Crippen LogP contribution is 2.14. The second kappa shape index (κ2) is 5.53. The monoisotopic (exact) mass is 231 g/mol. The molecule has 1 aliphatic heterocycles. The van der Waals surface area contributed by atoms with Crippen LogP contribution in [0.15, 0.2) is 36.0 Å². The second-order valence-corrected chi connectivity index (χ2v) is 4.15. The summed E-state index contributed by atoms with van der Waals surface area (Å²) in [6.07, 6.45) is 5.03. The predicted octanol–water partition coefficient (Wildman–Crippen LogP) is 2.54. The van der Waals surface area contributed by atoms with Gasteiger partial charge in [0.05, 0.1) is 7.11 Å². The summed E-state index contributed by atoms with van der Waals surface area (Å²) < 4.78 is 5.06. The molecule has 3 heteroatoms. The van der Waals surface area contributed by atoms with Crippen LogP contribution < -0.4 is 10.1 Å². The molecule has 90 valence electrons. The Balaban J connectivity index is 2.07. The average molecular weight is 231 g/mol. The van der Waals surface area contributed by atoms with Crippen molar-refractivity contribution in [1.29, 1.82) is 0 Å². The van der Waals surface area contributed by atoms with Gasteiger partial charge in [-0.15, -0.1) is 0 Å². The van der Waals surface area contributed by atoms with E-state index in [0.717, 1.165) is 30.8 Å². The molecular formula is C14H17NO2. The normalized spacial score (nSPS) is 17.6. The summed E-state index contributed by atoms with van der Waals surface area (Å²) in [5.74, 6) is 0.821. The lowest BCUT2D eigenvalue weighted by Gasteiger charge is -2.16. The molecular weight excluding hydrogens is 214 g/mol. The maximum atomic E-state index is 12.0. The number of carbonyl (C=O) groups excluding carboxylic acids is 1. The summed E-state index contributed by atoms with van der Waals surface area (Å²) in [6, 6.07) is 7.20. The smallest absolute Gasteiger partial charge is 0.187 e. The van der Waals surface area contributed by atoms with Gasteiger partial charge in [0.15, 0.2) is 5.78 Å². The molecule has 0 saturated carbocycles. The van der Waals surface area contributed by atoms with Crippen LogP contribution in [-0.2, 0) is 0 Å². The molecule has 2 rings (SSSR count). The lowest BCUT2D eigenvalue weighted by atomic mass is 10.1. The van der Waals surface area contributed by atoms with Crippen molar-refractivity contribution >= 4 is 5.78 Å². The Morgan fingerprint density at radius 2 is 2.06 bits per heavy atom. The van der Waals surface area contributed by atoms with Crippen molar-refractivity contribution in [1.82, 2.24) is 5.32 Å². The fraction of sp³-hybridized carbons (Fsp3) is 0.357. The number of allylic oxidation sites excluding steroid dienone is 2. The molecule has 0 aliphatic carbocycles. The van der Waals surface area contributed by atoms with Gasteiger partial charge in [0, 0.05) is 23.9 Å². The van der Waals surface area contributed by atoms with Crippen LogP contribution in [0, 0.1) is 0 Å². The van der Waals surface area contributed by atoms with E-state index in [-0.39, 0.29) is 5.78 Å². The van der Waals surface area contributed by atoms with Gasteiger partial charge in [0.25, 0.3) is 0 Å². The van der Waals surface area contributed by atoms with Crippen molar-refractivity contribution in [2.75, 3.05) is 13.7 Å². The first-order chi connectivity index (χ1) is 8.29. The van der Waals surface area contributed by atoms with Crippen LogP contribution in [0.3, 0.4) is 0 Å². The van der Waals surface area contributed by atoms with Gasteiger partial charge in [0.2, 0.25) is 0 Å². The van der Waals surface area contributed by atoms with E-state index < -0.39 is 0 Å². The molecule has 1 aromatic carbocycles. The number of ether oxygens (including phenoxy) is 1.